The molecule has 1 aliphatic rings. The van der Waals surface area contributed by atoms with E-state index in [0.29, 0.717) is 0 Å². The van der Waals surface area contributed by atoms with E-state index >= 15 is 0 Å². The van der Waals surface area contributed by atoms with E-state index in [4.69, 9.17) is 0 Å². The van der Waals surface area contributed by atoms with Crippen molar-refractivity contribution in [1.82, 2.24) is 4.72 Å². The van der Waals surface area contributed by atoms with Gasteiger partial charge in [-0.25, -0.2) is 4.99 Å². The molecule has 1 N–H and O–H groups in total. The molecule has 1 aliphatic heterocycles. The lowest BCUT2D eigenvalue weighted by Gasteiger charge is -1.98. The monoisotopic (exact) mass is 176 g/mol. The Bertz CT molecular complexity index is 330. The van der Waals surface area contributed by atoms with Gasteiger partial charge in [-0.05, 0) is 0 Å². The molecule has 0 aliphatic carbocycles. The number of nitrogens with zero attached hydrogens (tertiary/aromatic N) is 1. The van der Waals surface area contributed by atoms with Crippen molar-refractivity contribution in [2.45, 2.75) is 0 Å². The predicted molar refractivity (Wildman–Crippen MR) is 52.8 cm³/mol. The van der Waals surface area contributed by atoms with Crippen LogP contribution in [0.15, 0.2) is 46.9 Å². The predicted octanol–water partition coefficient (Wildman–Crippen LogP) is 2.16. The average molecular weight is 176 g/mol. The maximum Gasteiger partial charge on any atom is 0.144 e. The van der Waals surface area contributed by atoms with Crippen LogP contribution < -0.4 is 4.72 Å². The van der Waals surface area contributed by atoms with E-state index in [-0.39, 0.29) is 0 Å². The number of amidine groups is 1. The van der Waals surface area contributed by atoms with Gasteiger partial charge < -0.3 is 4.72 Å². The standard InChI is InChI=1S/C9H8N2S/c1-7-10-9(11-12-7)8-5-3-2-4-6-8/h2-6H,1H2,(H,10,11). The van der Waals surface area contributed by atoms with Gasteiger partial charge in [0.1, 0.15) is 10.9 Å². The zero-order valence-corrected chi connectivity index (χ0v) is 7.27. The van der Waals surface area contributed by atoms with E-state index < -0.39 is 0 Å². The average Bonchev–Trinajstić information content (AvgIpc) is 2.54. The van der Waals surface area contributed by atoms with Crippen molar-refractivity contribution >= 4 is 17.8 Å². The third kappa shape index (κ3) is 1.36. The Balaban J connectivity index is 2.33. The van der Waals surface area contributed by atoms with Crippen LogP contribution in [0.5, 0.6) is 0 Å². The second-order valence-electron chi connectivity index (χ2n) is 2.42. The molecule has 2 rings (SSSR count). The molecule has 3 heteroatoms. The highest BCUT2D eigenvalue weighted by molar-refractivity contribution is 8.02. The summed E-state index contributed by atoms with van der Waals surface area (Å²) < 4.78 is 3.09. The highest BCUT2D eigenvalue weighted by Crippen LogP contribution is 2.19. The summed E-state index contributed by atoms with van der Waals surface area (Å²) in [5.74, 6) is 0.894. The van der Waals surface area contributed by atoms with Crippen molar-refractivity contribution in [1.29, 1.82) is 0 Å². The number of hydrogen-bond acceptors (Lipinski definition) is 3. The number of hydrogen-bond donors (Lipinski definition) is 1. The van der Waals surface area contributed by atoms with E-state index in [2.05, 4.69) is 16.3 Å². The van der Waals surface area contributed by atoms with Crippen molar-refractivity contribution < 1.29 is 0 Å². The van der Waals surface area contributed by atoms with Gasteiger partial charge in [0, 0.05) is 17.5 Å². The van der Waals surface area contributed by atoms with Crippen LogP contribution in [-0.4, -0.2) is 5.84 Å². The fourth-order valence-corrected chi connectivity index (χ4v) is 1.51. The highest BCUT2D eigenvalue weighted by atomic mass is 32.2. The van der Waals surface area contributed by atoms with Crippen LogP contribution in [0.3, 0.4) is 0 Å². The quantitative estimate of drug-likeness (QED) is 0.663. The van der Waals surface area contributed by atoms with Gasteiger partial charge in [-0.15, -0.1) is 0 Å². The molecule has 0 saturated heterocycles. The Hall–Kier alpha value is -1.22. The summed E-state index contributed by atoms with van der Waals surface area (Å²) in [6, 6.07) is 10.0. The minimum atomic E-state index is 0.814. The maximum absolute atomic E-state index is 4.23. The first-order valence-corrected chi connectivity index (χ1v) is 4.44. The van der Waals surface area contributed by atoms with E-state index in [1.54, 1.807) is 0 Å². The smallest absolute Gasteiger partial charge is 0.144 e. The molecule has 0 bridgehead atoms. The fourth-order valence-electron chi connectivity index (χ4n) is 0.997. The molecule has 0 saturated carbocycles. The minimum absolute atomic E-state index is 0.814. The van der Waals surface area contributed by atoms with Crippen molar-refractivity contribution in [3.8, 4) is 0 Å². The molecule has 1 aromatic carbocycles. The zero-order chi connectivity index (χ0) is 8.39. The number of aliphatic imine (C=N–C) groups is 1. The van der Waals surface area contributed by atoms with Gasteiger partial charge in [0.25, 0.3) is 0 Å². The summed E-state index contributed by atoms with van der Waals surface area (Å²) in [6.45, 7) is 3.74. The molecule has 0 fully saturated rings. The van der Waals surface area contributed by atoms with E-state index in [1.807, 2.05) is 30.3 Å². The molecule has 0 amide bonds. The second kappa shape index (κ2) is 3.03. The third-order valence-corrected chi connectivity index (χ3v) is 2.17. The van der Waals surface area contributed by atoms with Crippen LogP contribution in [0.1, 0.15) is 5.56 Å². The first-order chi connectivity index (χ1) is 5.86. The summed E-state index contributed by atoms with van der Waals surface area (Å²) in [5.41, 5.74) is 1.10. The van der Waals surface area contributed by atoms with Crippen LogP contribution in [0.4, 0.5) is 0 Å². The highest BCUT2D eigenvalue weighted by Gasteiger charge is 2.10. The Labute approximate surface area is 75.5 Å². The lowest BCUT2D eigenvalue weighted by molar-refractivity contribution is 1.45. The van der Waals surface area contributed by atoms with Crippen molar-refractivity contribution in [2.24, 2.45) is 4.99 Å². The topological polar surface area (TPSA) is 24.4 Å². The molecule has 0 radical (unpaired) electrons. The lowest BCUT2D eigenvalue weighted by atomic mass is 10.2. The Kier molecular flexibility index (Phi) is 1.87. The van der Waals surface area contributed by atoms with Gasteiger partial charge in [-0.2, -0.15) is 0 Å². The van der Waals surface area contributed by atoms with Crippen LogP contribution in [0.2, 0.25) is 0 Å². The number of rotatable bonds is 1. The Morgan fingerprint density at radius 3 is 2.58 bits per heavy atom. The summed E-state index contributed by atoms with van der Waals surface area (Å²) in [4.78, 5) is 4.23. The van der Waals surface area contributed by atoms with Gasteiger partial charge in [-0.3, -0.25) is 0 Å². The summed E-state index contributed by atoms with van der Waals surface area (Å²) in [7, 11) is 0. The molecule has 0 aromatic heterocycles. The van der Waals surface area contributed by atoms with Gasteiger partial charge in [0.2, 0.25) is 0 Å². The zero-order valence-electron chi connectivity index (χ0n) is 6.45. The molecule has 12 heavy (non-hydrogen) atoms. The van der Waals surface area contributed by atoms with Gasteiger partial charge in [0.05, 0.1) is 0 Å². The van der Waals surface area contributed by atoms with Gasteiger partial charge in [-0.1, -0.05) is 36.9 Å². The molecule has 0 unspecified atom stereocenters. The van der Waals surface area contributed by atoms with Crippen LogP contribution in [0.25, 0.3) is 0 Å². The lowest BCUT2D eigenvalue weighted by Crippen LogP contribution is -2.11. The van der Waals surface area contributed by atoms with Crippen LogP contribution in [-0.2, 0) is 0 Å². The first-order valence-electron chi connectivity index (χ1n) is 3.62. The second-order valence-corrected chi connectivity index (χ2v) is 3.30. The van der Waals surface area contributed by atoms with Gasteiger partial charge >= 0.3 is 0 Å². The fraction of sp³-hybridized carbons (Fsp3) is 0. The largest absolute Gasteiger partial charge is 0.308 e. The molecule has 0 atom stereocenters. The molecular formula is C9H8N2S. The summed E-state index contributed by atoms with van der Waals surface area (Å²) >= 11 is 1.45. The normalized spacial score (nSPS) is 15.7. The molecular weight excluding hydrogens is 168 g/mol. The maximum atomic E-state index is 4.23. The van der Waals surface area contributed by atoms with Crippen molar-refractivity contribution in [2.75, 3.05) is 0 Å². The van der Waals surface area contributed by atoms with Crippen LogP contribution >= 0.6 is 11.9 Å². The summed E-state index contributed by atoms with van der Waals surface area (Å²) in [6.07, 6.45) is 0. The number of benzene rings is 1. The first kappa shape index (κ1) is 7.43. The Morgan fingerprint density at radius 1 is 1.25 bits per heavy atom. The van der Waals surface area contributed by atoms with E-state index in [9.17, 15) is 0 Å². The minimum Gasteiger partial charge on any atom is -0.308 e. The molecule has 1 aromatic rings. The van der Waals surface area contributed by atoms with Crippen LogP contribution in [0, 0.1) is 0 Å². The SMILES string of the molecule is C=C1N=C(c2ccccc2)NS1. The molecule has 2 nitrogen and oxygen atoms in total. The van der Waals surface area contributed by atoms with Crippen molar-refractivity contribution in [3.05, 3.63) is 47.5 Å². The van der Waals surface area contributed by atoms with E-state index in [0.717, 1.165) is 16.4 Å². The molecule has 1 heterocycles. The summed E-state index contributed by atoms with van der Waals surface area (Å²) in [5, 5.41) is 0.814. The van der Waals surface area contributed by atoms with E-state index in [1.165, 1.54) is 11.9 Å². The Morgan fingerprint density at radius 2 is 2.00 bits per heavy atom. The molecule has 0 spiro atoms. The van der Waals surface area contributed by atoms with Crippen molar-refractivity contribution in [3.63, 3.8) is 0 Å². The number of nitrogens with one attached hydrogen (secondary N) is 1. The van der Waals surface area contributed by atoms with Gasteiger partial charge in [0.15, 0.2) is 0 Å². The third-order valence-electron chi connectivity index (χ3n) is 1.55. The molecule has 60 valence electrons.